The Morgan fingerprint density at radius 2 is 1.43 bits per heavy atom. The molecule has 0 N–H and O–H groups in total. The molecule has 2 aromatic carbocycles. The normalized spacial score (nSPS) is 12.5. The number of nitrogens with zero attached hydrogens (tertiary/aromatic N) is 1. The molecule has 0 spiro atoms. The summed E-state index contributed by atoms with van der Waals surface area (Å²) in [4.78, 5) is 4.11. The summed E-state index contributed by atoms with van der Waals surface area (Å²) in [7, 11) is 0. The topological polar surface area (TPSA) is 22.1 Å². The van der Waals surface area contributed by atoms with E-state index in [0.29, 0.717) is 0 Å². The van der Waals surface area contributed by atoms with Gasteiger partial charge in [0.2, 0.25) is 0 Å². The van der Waals surface area contributed by atoms with Gasteiger partial charge in [0.15, 0.2) is 0 Å². The van der Waals surface area contributed by atoms with Crippen LogP contribution in [0.1, 0.15) is 16.7 Å². The highest BCUT2D eigenvalue weighted by molar-refractivity contribution is 5.95. The minimum atomic E-state index is 0.880. The van der Waals surface area contributed by atoms with E-state index in [9.17, 15) is 0 Å². The van der Waals surface area contributed by atoms with Gasteiger partial charge in [-0.2, -0.15) is 0 Å². The molecule has 0 fully saturated rings. The van der Waals surface area contributed by atoms with Gasteiger partial charge in [0.05, 0.1) is 0 Å². The third kappa shape index (κ3) is 2.11. The maximum atomic E-state index is 6.09. The summed E-state index contributed by atoms with van der Waals surface area (Å²) in [6.07, 6.45) is 5.81. The van der Waals surface area contributed by atoms with Crippen LogP contribution >= 0.6 is 0 Å². The second kappa shape index (κ2) is 4.91. The SMILES string of the molecule is C1=C(c2ccncc2)c2ccccc2Oc2ccccc21. The number of rotatable bonds is 1. The minimum Gasteiger partial charge on any atom is -0.456 e. The molecular formula is C19H13NO. The van der Waals surface area contributed by atoms with Crippen molar-refractivity contribution in [1.29, 1.82) is 0 Å². The van der Waals surface area contributed by atoms with E-state index in [-0.39, 0.29) is 0 Å². The fourth-order valence-electron chi connectivity index (χ4n) is 2.59. The van der Waals surface area contributed by atoms with Gasteiger partial charge in [0.1, 0.15) is 11.5 Å². The van der Waals surface area contributed by atoms with Crippen molar-refractivity contribution in [3.05, 3.63) is 89.7 Å². The van der Waals surface area contributed by atoms with Gasteiger partial charge in [-0.1, -0.05) is 36.4 Å². The molecular weight excluding hydrogens is 258 g/mol. The van der Waals surface area contributed by atoms with Gasteiger partial charge in [-0.05, 0) is 41.5 Å². The Hall–Kier alpha value is -2.87. The number of benzene rings is 2. The van der Waals surface area contributed by atoms with Crippen LogP contribution in [0.2, 0.25) is 0 Å². The van der Waals surface area contributed by atoms with E-state index in [2.05, 4.69) is 23.2 Å². The molecule has 0 saturated heterocycles. The van der Waals surface area contributed by atoms with Crippen molar-refractivity contribution in [1.82, 2.24) is 4.98 Å². The molecule has 0 amide bonds. The van der Waals surface area contributed by atoms with Crippen LogP contribution in [-0.4, -0.2) is 4.98 Å². The van der Waals surface area contributed by atoms with Crippen molar-refractivity contribution in [2.45, 2.75) is 0 Å². The fourth-order valence-corrected chi connectivity index (χ4v) is 2.59. The quantitative estimate of drug-likeness (QED) is 0.497. The molecule has 2 heterocycles. The Labute approximate surface area is 123 Å². The van der Waals surface area contributed by atoms with E-state index in [0.717, 1.165) is 33.8 Å². The molecule has 3 aromatic rings. The fraction of sp³-hybridized carbons (Fsp3) is 0. The molecule has 0 unspecified atom stereocenters. The van der Waals surface area contributed by atoms with Gasteiger partial charge >= 0.3 is 0 Å². The lowest BCUT2D eigenvalue weighted by Gasteiger charge is -2.10. The van der Waals surface area contributed by atoms with E-state index in [1.165, 1.54) is 0 Å². The van der Waals surface area contributed by atoms with Crippen LogP contribution in [0.25, 0.3) is 11.6 Å². The van der Waals surface area contributed by atoms with E-state index < -0.39 is 0 Å². The van der Waals surface area contributed by atoms with Gasteiger partial charge in [0, 0.05) is 23.5 Å². The number of fused-ring (bicyclic) bond motifs is 2. The lowest BCUT2D eigenvalue weighted by Crippen LogP contribution is -1.90. The number of pyridine rings is 1. The maximum Gasteiger partial charge on any atom is 0.135 e. The molecule has 1 aromatic heterocycles. The first-order chi connectivity index (χ1) is 10.4. The maximum absolute atomic E-state index is 6.09. The third-order valence-electron chi connectivity index (χ3n) is 3.61. The van der Waals surface area contributed by atoms with E-state index in [4.69, 9.17) is 4.74 Å². The Bertz CT molecular complexity index is 822. The van der Waals surface area contributed by atoms with E-state index in [1.807, 2.05) is 60.9 Å². The molecule has 1 aliphatic heterocycles. The molecule has 0 radical (unpaired) electrons. The van der Waals surface area contributed by atoms with Crippen LogP contribution in [-0.2, 0) is 0 Å². The molecule has 0 saturated carbocycles. The number of para-hydroxylation sites is 2. The van der Waals surface area contributed by atoms with Crippen molar-refractivity contribution in [2.24, 2.45) is 0 Å². The van der Waals surface area contributed by atoms with Crippen molar-refractivity contribution in [3.8, 4) is 11.5 Å². The highest BCUT2D eigenvalue weighted by atomic mass is 16.5. The largest absolute Gasteiger partial charge is 0.456 e. The molecule has 2 nitrogen and oxygen atoms in total. The van der Waals surface area contributed by atoms with Gasteiger partial charge in [-0.3, -0.25) is 4.98 Å². The molecule has 0 bridgehead atoms. The number of aromatic nitrogens is 1. The van der Waals surface area contributed by atoms with Crippen LogP contribution in [0.5, 0.6) is 11.5 Å². The number of hydrogen-bond acceptors (Lipinski definition) is 2. The number of ether oxygens (including phenoxy) is 1. The van der Waals surface area contributed by atoms with Crippen LogP contribution in [0, 0.1) is 0 Å². The van der Waals surface area contributed by atoms with Crippen molar-refractivity contribution in [2.75, 3.05) is 0 Å². The second-order valence-corrected chi connectivity index (χ2v) is 4.93. The summed E-state index contributed by atoms with van der Waals surface area (Å²) in [6, 6.07) is 20.3. The lowest BCUT2D eigenvalue weighted by molar-refractivity contribution is 0.481. The number of hydrogen-bond donors (Lipinski definition) is 0. The van der Waals surface area contributed by atoms with E-state index >= 15 is 0 Å². The van der Waals surface area contributed by atoms with E-state index in [1.54, 1.807) is 0 Å². The van der Waals surface area contributed by atoms with Crippen molar-refractivity contribution in [3.63, 3.8) is 0 Å². The lowest BCUT2D eigenvalue weighted by atomic mass is 9.96. The Kier molecular flexibility index (Phi) is 2.79. The Balaban J connectivity index is 2.00. The van der Waals surface area contributed by atoms with Gasteiger partial charge < -0.3 is 4.74 Å². The monoisotopic (exact) mass is 271 g/mol. The minimum absolute atomic E-state index is 0.880. The zero-order valence-corrected chi connectivity index (χ0v) is 11.4. The Morgan fingerprint density at radius 1 is 0.714 bits per heavy atom. The first-order valence-corrected chi connectivity index (χ1v) is 6.90. The molecule has 0 aliphatic carbocycles. The average molecular weight is 271 g/mol. The molecule has 1 aliphatic rings. The predicted molar refractivity (Wildman–Crippen MR) is 84.2 cm³/mol. The van der Waals surface area contributed by atoms with Gasteiger partial charge in [-0.25, -0.2) is 0 Å². The summed E-state index contributed by atoms with van der Waals surface area (Å²) < 4.78 is 6.09. The predicted octanol–water partition coefficient (Wildman–Crippen LogP) is 4.78. The molecule has 100 valence electrons. The smallest absolute Gasteiger partial charge is 0.135 e. The Morgan fingerprint density at radius 3 is 2.29 bits per heavy atom. The second-order valence-electron chi connectivity index (χ2n) is 4.93. The molecule has 0 atom stereocenters. The van der Waals surface area contributed by atoms with Crippen LogP contribution in [0.4, 0.5) is 0 Å². The molecule has 2 heteroatoms. The van der Waals surface area contributed by atoms with Crippen molar-refractivity contribution < 1.29 is 4.74 Å². The van der Waals surface area contributed by atoms with Gasteiger partial charge in [0.25, 0.3) is 0 Å². The third-order valence-corrected chi connectivity index (χ3v) is 3.61. The summed E-state index contributed by atoms with van der Waals surface area (Å²) in [5.41, 5.74) is 4.47. The molecule has 4 rings (SSSR count). The summed E-state index contributed by atoms with van der Waals surface area (Å²) in [6.45, 7) is 0. The van der Waals surface area contributed by atoms with Crippen LogP contribution < -0.4 is 4.74 Å². The van der Waals surface area contributed by atoms with Crippen molar-refractivity contribution >= 4 is 11.6 Å². The first-order valence-electron chi connectivity index (χ1n) is 6.90. The summed E-state index contributed by atoms with van der Waals surface area (Å²) in [5.74, 6) is 1.76. The van der Waals surface area contributed by atoms with Crippen LogP contribution in [0.3, 0.4) is 0 Å². The summed E-state index contributed by atoms with van der Waals surface area (Å²) >= 11 is 0. The highest BCUT2D eigenvalue weighted by Gasteiger charge is 2.16. The standard InChI is InChI=1S/C19H13NO/c1-3-7-18-15(5-1)13-17(14-9-11-20-12-10-14)16-6-2-4-8-19(16)21-18/h1-13H. The highest BCUT2D eigenvalue weighted by Crippen LogP contribution is 2.40. The molecule has 21 heavy (non-hydrogen) atoms. The zero-order valence-electron chi connectivity index (χ0n) is 11.4. The summed E-state index contributed by atoms with van der Waals surface area (Å²) in [5, 5.41) is 0. The zero-order chi connectivity index (χ0) is 14.1. The van der Waals surface area contributed by atoms with Crippen LogP contribution in [0.15, 0.2) is 73.1 Å². The first kappa shape index (κ1) is 11.9. The average Bonchev–Trinajstić information content (AvgIpc) is 2.72. The van der Waals surface area contributed by atoms with Gasteiger partial charge in [-0.15, -0.1) is 0 Å².